The number of halogens is 1. The Labute approximate surface area is 164 Å². The van der Waals surface area contributed by atoms with Crippen LogP contribution in [0, 0.1) is 0 Å². The van der Waals surface area contributed by atoms with Crippen LogP contribution in [0.15, 0.2) is 59.5 Å². The Bertz CT molecular complexity index is 998. The summed E-state index contributed by atoms with van der Waals surface area (Å²) < 4.78 is 1.07. The minimum Gasteiger partial charge on any atom is -0.369 e. The van der Waals surface area contributed by atoms with Gasteiger partial charge in [0.25, 0.3) is 0 Å². The summed E-state index contributed by atoms with van der Waals surface area (Å²) >= 11 is 9.19. The van der Waals surface area contributed by atoms with Crippen molar-refractivity contribution in [3.05, 3.63) is 64.5 Å². The number of nitrogens with one attached hydrogen (secondary N) is 1. The van der Waals surface area contributed by atoms with Crippen LogP contribution in [0.4, 0.5) is 5.69 Å². The molecule has 1 aromatic heterocycles. The van der Waals surface area contributed by atoms with E-state index >= 15 is 0 Å². The third kappa shape index (κ3) is 4.46. The molecular formula is C19H15ClN2O2S2. The van der Waals surface area contributed by atoms with Crippen molar-refractivity contribution in [1.29, 1.82) is 0 Å². The Hall–Kier alpha value is -2.28. The van der Waals surface area contributed by atoms with Gasteiger partial charge in [0.2, 0.25) is 11.8 Å². The Morgan fingerprint density at radius 1 is 1.15 bits per heavy atom. The van der Waals surface area contributed by atoms with Gasteiger partial charge >= 0.3 is 0 Å². The number of hydrogen-bond acceptors (Lipinski definition) is 4. The molecule has 2 aromatic carbocycles. The fourth-order valence-electron chi connectivity index (χ4n) is 2.31. The van der Waals surface area contributed by atoms with E-state index in [1.165, 1.54) is 29.2 Å². The monoisotopic (exact) mass is 402 g/mol. The molecule has 1 heterocycles. The summed E-state index contributed by atoms with van der Waals surface area (Å²) in [6, 6.07) is 15.1. The van der Waals surface area contributed by atoms with Crippen LogP contribution in [-0.2, 0) is 9.59 Å². The van der Waals surface area contributed by atoms with Gasteiger partial charge in [0.15, 0.2) is 0 Å². The quantitative estimate of drug-likeness (QED) is 0.460. The van der Waals surface area contributed by atoms with E-state index in [2.05, 4.69) is 5.32 Å². The molecule has 7 heteroatoms. The van der Waals surface area contributed by atoms with E-state index in [9.17, 15) is 9.59 Å². The molecule has 0 aliphatic carbocycles. The summed E-state index contributed by atoms with van der Waals surface area (Å²) in [5, 5.41) is 4.45. The number of hydrogen-bond donors (Lipinski definition) is 2. The number of fused-ring (bicyclic) bond motifs is 1. The molecule has 2 amide bonds. The van der Waals surface area contributed by atoms with E-state index in [0.717, 1.165) is 19.9 Å². The molecule has 0 radical (unpaired) electrons. The van der Waals surface area contributed by atoms with Gasteiger partial charge in [0.1, 0.15) is 0 Å². The molecule has 3 rings (SSSR count). The Kier molecular flexibility index (Phi) is 5.98. The van der Waals surface area contributed by atoms with Gasteiger partial charge in [0, 0.05) is 25.9 Å². The lowest BCUT2D eigenvalue weighted by Crippen LogP contribution is -2.13. The summed E-state index contributed by atoms with van der Waals surface area (Å²) in [6.07, 6.45) is 3.16. The number of benzene rings is 2. The zero-order valence-electron chi connectivity index (χ0n) is 13.6. The SMILES string of the molecule is NC(=O)CSc1ccccc1NC(=O)/C=C/c1sc2ccccc2c1Cl. The lowest BCUT2D eigenvalue weighted by atomic mass is 10.2. The number of carbonyl (C=O) groups is 2. The fourth-order valence-corrected chi connectivity index (χ4v) is 4.46. The molecule has 3 N–H and O–H groups in total. The Balaban J connectivity index is 1.73. The van der Waals surface area contributed by atoms with Crippen molar-refractivity contribution in [3.63, 3.8) is 0 Å². The highest BCUT2D eigenvalue weighted by atomic mass is 35.5. The number of carbonyl (C=O) groups excluding carboxylic acids is 2. The molecule has 26 heavy (non-hydrogen) atoms. The molecule has 0 spiro atoms. The molecule has 0 aliphatic rings. The summed E-state index contributed by atoms with van der Waals surface area (Å²) in [4.78, 5) is 24.8. The summed E-state index contributed by atoms with van der Waals surface area (Å²) in [7, 11) is 0. The van der Waals surface area contributed by atoms with Crippen LogP contribution in [0.25, 0.3) is 16.2 Å². The van der Waals surface area contributed by atoms with Crippen LogP contribution in [0.2, 0.25) is 5.02 Å². The Morgan fingerprint density at radius 2 is 1.88 bits per heavy atom. The van der Waals surface area contributed by atoms with Crippen molar-refractivity contribution in [2.75, 3.05) is 11.1 Å². The molecule has 0 bridgehead atoms. The number of para-hydroxylation sites is 1. The number of thiophene rings is 1. The zero-order valence-corrected chi connectivity index (χ0v) is 16.0. The molecule has 0 unspecified atom stereocenters. The van der Waals surface area contributed by atoms with Crippen molar-refractivity contribution in [3.8, 4) is 0 Å². The van der Waals surface area contributed by atoms with Crippen LogP contribution < -0.4 is 11.1 Å². The lowest BCUT2D eigenvalue weighted by Gasteiger charge is -2.08. The minimum atomic E-state index is -0.407. The van der Waals surface area contributed by atoms with Crippen molar-refractivity contribution >= 4 is 68.4 Å². The number of amides is 2. The maximum Gasteiger partial charge on any atom is 0.248 e. The molecule has 0 saturated carbocycles. The standard InChI is InChI=1S/C19H15ClN2O2S2/c20-19-12-5-1-3-7-14(12)26-16(19)9-10-18(24)22-13-6-2-4-8-15(13)25-11-17(21)23/h1-10H,11H2,(H2,21,23)(H,22,24)/b10-9+. The second-order valence-corrected chi connectivity index (χ2v) is 7.83. The lowest BCUT2D eigenvalue weighted by molar-refractivity contribution is -0.115. The molecule has 3 aromatic rings. The third-order valence-corrected chi connectivity index (χ3v) is 6.21. The molecular weight excluding hydrogens is 388 g/mol. The highest BCUT2D eigenvalue weighted by Gasteiger charge is 2.09. The number of thioether (sulfide) groups is 1. The largest absolute Gasteiger partial charge is 0.369 e. The van der Waals surface area contributed by atoms with Gasteiger partial charge in [0.05, 0.1) is 16.5 Å². The van der Waals surface area contributed by atoms with Crippen molar-refractivity contribution in [2.45, 2.75) is 4.90 Å². The Morgan fingerprint density at radius 3 is 2.65 bits per heavy atom. The molecule has 0 fully saturated rings. The highest BCUT2D eigenvalue weighted by Crippen LogP contribution is 2.36. The average molecular weight is 403 g/mol. The van der Waals surface area contributed by atoms with Gasteiger partial charge in [-0.2, -0.15) is 0 Å². The van der Waals surface area contributed by atoms with E-state index in [0.29, 0.717) is 10.7 Å². The molecule has 0 aliphatic heterocycles. The van der Waals surface area contributed by atoms with Crippen LogP contribution in [0.1, 0.15) is 4.88 Å². The number of anilines is 1. The minimum absolute atomic E-state index is 0.153. The van der Waals surface area contributed by atoms with Gasteiger partial charge in [-0.15, -0.1) is 23.1 Å². The van der Waals surface area contributed by atoms with Gasteiger partial charge in [-0.25, -0.2) is 0 Å². The molecule has 0 saturated heterocycles. The van der Waals surface area contributed by atoms with Crippen LogP contribution >= 0.6 is 34.7 Å². The van der Waals surface area contributed by atoms with Crippen LogP contribution in [-0.4, -0.2) is 17.6 Å². The van der Waals surface area contributed by atoms with Crippen molar-refractivity contribution in [2.24, 2.45) is 5.73 Å². The number of rotatable bonds is 6. The molecule has 4 nitrogen and oxygen atoms in total. The van der Waals surface area contributed by atoms with Gasteiger partial charge in [-0.1, -0.05) is 41.9 Å². The smallest absolute Gasteiger partial charge is 0.248 e. The maximum atomic E-state index is 12.3. The summed E-state index contributed by atoms with van der Waals surface area (Å²) in [5.74, 6) is -0.527. The van der Waals surface area contributed by atoms with E-state index in [1.807, 2.05) is 42.5 Å². The fraction of sp³-hybridized carbons (Fsp3) is 0.0526. The van der Waals surface area contributed by atoms with Crippen LogP contribution in [0.5, 0.6) is 0 Å². The highest BCUT2D eigenvalue weighted by molar-refractivity contribution is 8.00. The number of primary amides is 1. The molecule has 132 valence electrons. The first kappa shape index (κ1) is 18.5. The van der Waals surface area contributed by atoms with Gasteiger partial charge in [-0.3, -0.25) is 9.59 Å². The van der Waals surface area contributed by atoms with E-state index in [-0.39, 0.29) is 11.7 Å². The first-order valence-electron chi connectivity index (χ1n) is 7.71. The van der Waals surface area contributed by atoms with Gasteiger partial charge in [-0.05, 0) is 24.3 Å². The maximum absolute atomic E-state index is 12.3. The van der Waals surface area contributed by atoms with Crippen molar-refractivity contribution in [1.82, 2.24) is 0 Å². The normalized spacial score (nSPS) is 11.1. The first-order valence-corrected chi connectivity index (χ1v) is 9.89. The van der Waals surface area contributed by atoms with Gasteiger partial charge < -0.3 is 11.1 Å². The first-order chi connectivity index (χ1) is 12.5. The average Bonchev–Trinajstić information content (AvgIpc) is 2.95. The second-order valence-electron chi connectivity index (χ2n) is 5.35. The van der Waals surface area contributed by atoms with E-state index < -0.39 is 5.91 Å². The van der Waals surface area contributed by atoms with Crippen LogP contribution in [0.3, 0.4) is 0 Å². The van der Waals surface area contributed by atoms with E-state index in [1.54, 1.807) is 12.1 Å². The predicted octanol–water partition coefficient (Wildman–Crippen LogP) is 4.78. The zero-order chi connectivity index (χ0) is 18.5. The summed E-state index contributed by atoms with van der Waals surface area (Å²) in [6.45, 7) is 0. The third-order valence-electron chi connectivity index (χ3n) is 3.46. The topological polar surface area (TPSA) is 72.2 Å². The van der Waals surface area contributed by atoms with Crippen molar-refractivity contribution < 1.29 is 9.59 Å². The second kappa shape index (κ2) is 8.40. The van der Waals surface area contributed by atoms with E-state index in [4.69, 9.17) is 17.3 Å². The molecule has 0 atom stereocenters. The predicted molar refractivity (Wildman–Crippen MR) is 111 cm³/mol. The number of nitrogens with two attached hydrogens (primary N) is 1. The summed E-state index contributed by atoms with van der Waals surface area (Å²) in [5.41, 5.74) is 5.82.